The fourth-order valence-electron chi connectivity index (χ4n) is 4.95. The number of rotatable bonds is 6. The lowest BCUT2D eigenvalue weighted by Crippen LogP contribution is -2.36. The van der Waals surface area contributed by atoms with E-state index < -0.39 is 0 Å². The molecule has 0 bridgehead atoms. The number of hydrogen-bond donors (Lipinski definition) is 2. The van der Waals surface area contributed by atoms with Gasteiger partial charge in [-0.15, -0.1) is 0 Å². The quantitative estimate of drug-likeness (QED) is 0.394. The maximum Gasteiger partial charge on any atom is 0.251 e. The molecule has 1 aliphatic heterocycles. The molecule has 6 nitrogen and oxygen atoms in total. The number of aromatic amines is 1. The van der Waals surface area contributed by atoms with Gasteiger partial charge in [0.2, 0.25) is 0 Å². The Balaban J connectivity index is 1.25. The van der Waals surface area contributed by atoms with Crippen molar-refractivity contribution in [2.45, 2.75) is 25.3 Å². The summed E-state index contributed by atoms with van der Waals surface area (Å²) in [5, 5.41) is 16.2. The molecular weight excluding hydrogens is 444 g/mol. The smallest absolute Gasteiger partial charge is 0.251 e. The number of fused-ring (bicyclic) bond motifs is 1. The van der Waals surface area contributed by atoms with Crippen molar-refractivity contribution in [3.63, 3.8) is 0 Å². The van der Waals surface area contributed by atoms with Crippen molar-refractivity contribution < 1.29 is 9.53 Å². The summed E-state index contributed by atoms with van der Waals surface area (Å²) in [5.41, 5.74) is 5.91. The van der Waals surface area contributed by atoms with Crippen LogP contribution in [0.1, 0.15) is 41.2 Å². The van der Waals surface area contributed by atoms with E-state index in [1.54, 1.807) is 11.3 Å². The summed E-state index contributed by atoms with van der Waals surface area (Å²) in [6.07, 6.45) is 3.59. The second-order valence-electron chi connectivity index (χ2n) is 9.18. The second kappa shape index (κ2) is 9.24. The van der Waals surface area contributed by atoms with E-state index in [0.717, 1.165) is 48.5 Å². The number of morpholine rings is 1. The largest absolute Gasteiger partial charge is 0.378 e. The van der Waals surface area contributed by atoms with E-state index in [9.17, 15) is 4.79 Å². The molecule has 0 radical (unpaired) electrons. The fourth-order valence-corrected chi connectivity index (χ4v) is 5.65. The summed E-state index contributed by atoms with van der Waals surface area (Å²) in [6.45, 7) is 3.36. The Morgan fingerprint density at radius 1 is 1.12 bits per heavy atom. The number of amides is 1. The SMILES string of the molecule is O=C(NC(c1ccsc1)C1CCC1)c1ccc2[nH]nc(-c3ccc(N4CCOCC4)cc3)c2c1. The van der Waals surface area contributed by atoms with Gasteiger partial charge in [0.1, 0.15) is 0 Å². The van der Waals surface area contributed by atoms with Gasteiger partial charge in [-0.3, -0.25) is 9.89 Å². The Morgan fingerprint density at radius 2 is 1.94 bits per heavy atom. The number of anilines is 1. The highest BCUT2D eigenvalue weighted by Gasteiger charge is 2.30. The van der Waals surface area contributed by atoms with Crippen LogP contribution in [0.15, 0.2) is 59.3 Å². The number of ether oxygens (including phenoxy) is 1. The van der Waals surface area contributed by atoms with Gasteiger partial charge in [-0.05, 0) is 71.5 Å². The van der Waals surface area contributed by atoms with E-state index in [0.29, 0.717) is 11.5 Å². The van der Waals surface area contributed by atoms with Crippen molar-refractivity contribution >= 4 is 33.8 Å². The van der Waals surface area contributed by atoms with Gasteiger partial charge in [-0.25, -0.2) is 0 Å². The highest BCUT2D eigenvalue weighted by Crippen LogP contribution is 2.38. The van der Waals surface area contributed by atoms with Crippen LogP contribution in [0.5, 0.6) is 0 Å². The lowest BCUT2D eigenvalue weighted by Gasteiger charge is -2.34. The average molecular weight is 473 g/mol. The number of nitrogens with one attached hydrogen (secondary N) is 2. The number of thiophene rings is 1. The molecule has 1 atom stereocenters. The molecule has 0 spiro atoms. The van der Waals surface area contributed by atoms with Gasteiger partial charge in [-0.2, -0.15) is 16.4 Å². The van der Waals surface area contributed by atoms with Crippen LogP contribution in [-0.2, 0) is 4.74 Å². The Bertz CT molecular complexity index is 1270. The van der Waals surface area contributed by atoms with Crippen LogP contribution in [0.25, 0.3) is 22.2 Å². The molecule has 1 unspecified atom stereocenters. The molecule has 2 aliphatic rings. The third-order valence-corrected chi connectivity index (χ3v) is 7.85. The minimum absolute atomic E-state index is 0.0279. The third-order valence-electron chi connectivity index (χ3n) is 7.15. The lowest BCUT2D eigenvalue weighted by atomic mass is 9.77. The summed E-state index contributed by atoms with van der Waals surface area (Å²) in [6, 6.07) is 16.5. The van der Waals surface area contributed by atoms with Gasteiger partial charge >= 0.3 is 0 Å². The highest BCUT2D eigenvalue weighted by atomic mass is 32.1. The van der Waals surface area contributed by atoms with Crippen molar-refractivity contribution in [2.75, 3.05) is 31.2 Å². The molecule has 34 heavy (non-hydrogen) atoms. The van der Waals surface area contributed by atoms with Crippen molar-refractivity contribution in [3.05, 3.63) is 70.4 Å². The zero-order valence-electron chi connectivity index (χ0n) is 19.0. The van der Waals surface area contributed by atoms with Crippen LogP contribution < -0.4 is 10.2 Å². The van der Waals surface area contributed by atoms with Crippen molar-refractivity contribution in [2.24, 2.45) is 5.92 Å². The van der Waals surface area contributed by atoms with Gasteiger partial charge in [0.05, 0.1) is 30.5 Å². The lowest BCUT2D eigenvalue weighted by molar-refractivity contribution is 0.0901. The molecule has 2 aromatic carbocycles. The van der Waals surface area contributed by atoms with Crippen LogP contribution in [0, 0.1) is 5.92 Å². The molecular formula is C27H28N4O2S. The molecule has 2 fully saturated rings. The van der Waals surface area contributed by atoms with Crippen LogP contribution in [-0.4, -0.2) is 42.4 Å². The first-order chi connectivity index (χ1) is 16.8. The van der Waals surface area contributed by atoms with Gasteiger partial charge < -0.3 is 15.0 Å². The Labute approximate surface area is 202 Å². The molecule has 7 heteroatoms. The topological polar surface area (TPSA) is 70.2 Å². The predicted octanol–water partition coefficient (Wildman–Crippen LogP) is 5.40. The Hall–Kier alpha value is -3.16. The molecule has 1 aliphatic carbocycles. The average Bonchev–Trinajstić information content (AvgIpc) is 3.53. The fraction of sp³-hybridized carbons (Fsp3) is 0.333. The summed E-state index contributed by atoms with van der Waals surface area (Å²) < 4.78 is 5.46. The summed E-state index contributed by atoms with van der Waals surface area (Å²) in [7, 11) is 0. The third kappa shape index (κ3) is 4.10. The van der Waals surface area contributed by atoms with E-state index in [-0.39, 0.29) is 11.9 Å². The molecule has 174 valence electrons. The number of carbonyl (C=O) groups excluding carboxylic acids is 1. The monoisotopic (exact) mass is 472 g/mol. The number of nitrogens with zero attached hydrogens (tertiary/aromatic N) is 2. The van der Waals surface area contributed by atoms with Gasteiger partial charge in [0.15, 0.2) is 0 Å². The van der Waals surface area contributed by atoms with E-state index in [4.69, 9.17) is 4.74 Å². The van der Waals surface area contributed by atoms with E-state index in [1.165, 1.54) is 30.5 Å². The molecule has 2 aromatic heterocycles. The molecule has 4 aromatic rings. The first-order valence-corrected chi connectivity index (χ1v) is 12.9. The zero-order chi connectivity index (χ0) is 22.9. The van der Waals surface area contributed by atoms with Gasteiger partial charge in [0.25, 0.3) is 5.91 Å². The van der Waals surface area contributed by atoms with E-state index in [2.05, 4.69) is 61.5 Å². The minimum atomic E-state index is -0.0279. The van der Waals surface area contributed by atoms with Gasteiger partial charge in [0, 0.05) is 35.3 Å². The second-order valence-corrected chi connectivity index (χ2v) is 9.96. The molecule has 1 amide bonds. The summed E-state index contributed by atoms with van der Waals surface area (Å²) >= 11 is 1.68. The van der Waals surface area contributed by atoms with Crippen molar-refractivity contribution in [3.8, 4) is 11.3 Å². The van der Waals surface area contributed by atoms with Gasteiger partial charge in [-0.1, -0.05) is 18.6 Å². The zero-order valence-corrected chi connectivity index (χ0v) is 19.8. The number of H-pyrrole nitrogens is 1. The molecule has 1 saturated carbocycles. The van der Waals surface area contributed by atoms with Crippen molar-refractivity contribution in [1.29, 1.82) is 0 Å². The van der Waals surface area contributed by atoms with Crippen LogP contribution in [0.4, 0.5) is 5.69 Å². The number of benzene rings is 2. The maximum atomic E-state index is 13.3. The first kappa shape index (κ1) is 21.4. The first-order valence-electron chi connectivity index (χ1n) is 12.0. The summed E-state index contributed by atoms with van der Waals surface area (Å²) in [4.78, 5) is 15.6. The Kier molecular flexibility index (Phi) is 5.81. The minimum Gasteiger partial charge on any atom is -0.378 e. The van der Waals surface area contributed by atoms with Crippen LogP contribution in [0.2, 0.25) is 0 Å². The van der Waals surface area contributed by atoms with Crippen LogP contribution >= 0.6 is 11.3 Å². The molecule has 2 N–H and O–H groups in total. The predicted molar refractivity (Wildman–Crippen MR) is 136 cm³/mol. The number of carbonyl (C=O) groups is 1. The highest BCUT2D eigenvalue weighted by molar-refractivity contribution is 7.08. The summed E-state index contributed by atoms with van der Waals surface area (Å²) in [5.74, 6) is 0.497. The molecule has 1 saturated heterocycles. The molecule has 3 heterocycles. The maximum absolute atomic E-state index is 13.3. The van der Waals surface area contributed by atoms with Crippen LogP contribution in [0.3, 0.4) is 0 Å². The molecule has 6 rings (SSSR count). The number of aromatic nitrogens is 2. The Morgan fingerprint density at radius 3 is 2.65 bits per heavy atom. The normalized spacial score (nSPS) is 17.5. The van der Waals surface area contributed by atoms with E-state index >= 15 is 0 Å². The standard InChI is InChI=1S/C27H28N4O2S/c32-27(28-25(18-2-1-3-18)21-10-15-34-17-21)20-6-9-24-23(16-20)26(30-29-24)19-4-7-22(8-5-19)31-11-13-33-14-12-31/h4-10,15-18,25H,1-3,11-14H2,(H,28,32)(H,29,30). The number of hydrogen-bond acceptors (Lipinski definition) is 5. The van der Waals surface area contributed by atoms with Crippen molar-refractivity contribution in [1.82, 2.24) is 15.5 Å². The van der Waals surface area contributed by atoms with E-state index in [1.807, 2.05) is 18.2 Å².